The molecule has 0 bridgehead atoms. The summed E-state index contributed by atoms with van der Waals surface area (Å²) in [5.74, 6) is -3.66. The smallest absolute Gasteiger partial charge is 0.290 e. The Balaban J connectivity index is 2.61. The SMILES string of the molecule is Cc1ccccc1CCC(=O)C(=O)C(F)(F)F. The maximum Gasteiger partial charge on any atom is 0.458 e. The molecular formula is C12H11F3O2. The number of ketones is 2. The van der Waals surface area contributed by atoms with Crippen LogP contribution >= 0.6 is 0 Å². The second-order valence-corrected chi connectivity index (χ2v) is 3.68. The molecule has 0 aliphatic carbocycles. The molecule has 0 heterocycles. The van der Waals surface area contributed by atoms with Crippen molar-refractivity contribution in [2.24, 2.45) is 0 Å². The number of carbonyl (C=O) groups excluding carboxylic acids is 2. The topological polar surface area (TPSA) is 34.1 Å². The first-order chi connectivity index (χ1) is 7.82. The van der Waals surface area contributed by atoms with Gasteiger partial charge in [0.25, 0.3) is 0 Å². The summed E-state index contributed by atoms with van der Waals surface area (Å²) in [6.07, 6.45) is -5.33. The highest BCUT2D eigenvalue weighted by atomic mass is 19.4. The highest BCUT2D eigenvalue weighted by Crippen LogP contribution is 2.18. The molecule has 0 saturated heterocycles. The van der Waals surface area contributed by atoms with Crippen LogP contribution in [0.5, 0.6) is 0 Å². The Morgan fingerprint density at radius 1 is 1.18 bits per heavy atom. The fraction of sp³-hybridized carbons (Fsp3) is 0.333. The molecule has 1 rings (SSSR count). The Hall–Kier alpha value is -1.65. The van der Waals surface area contributed by atoms with E-state index < -0.39 is 24.2 Å². The van der Waals surface area contributed by atoms with Gasteiger partial charge in [0.1, 0.15) is 0 Å². The Morgan fingerprint density at radius 2 is 1.76 bits per heavy atom. The van der Waals surface area contributed by atoms with Crippen molar-refractivity contribution in [1.82, 2.24) is 0 Å². The molecular weight excluding hydrogens is 233 g/mol. The summed E-state index contributed by atoms with van der Waals surface area (Å²) >= 11 is 0. The minimum Gasteiger partial charge on any atom is -0.290 e. The van der Waals surface area contributed by atoms with Gasteiger partial charge in [0.2, 0.25) is 5.78 Å². The molecule has 0 spiro atoms. The molecule has 0 atom stereocenters. The minimum absolute atomic E-state index is 0.146. The molecule has 1 aromatic carbocycles. The van der Waals surface area contributed by atoms with E-state index in [1.54, 1.807) is 31.2 Å². The molecule has 0 fully saturated rings. The normalized spacial score (nSPS) is 11.3. The van der Waals surface area contributed by atoms with Crippen LogP contribution < -0.4 is 0 Å². The van der Waals surface area contributed by atoms with Crippen molar-refractivity contribution in [2.75, 3.05) is 0 Å². The van der Waals surface area contributed by atoms with Gasteiger partial charge in [0, 0.05) is 6.42 Å². The van der Waals surface area contributed by atoms with Gasteiger partial charge >= 0.3 is 12.0 Å². The van der Waals surface area contributed by atoms with Crippen LogP contribution in [0.3, 0.4) is 0 Å². The first kappa shape index (κ1) is 13.4. The summed E-state index contributed by atoms with van der Waals surface area (Å²) in [6.45, 7) is 1.80. The van der Waals surface area contributed by atoms with E-state index in [1.807, 2.05) is 0 Å². The van der Waals surface area contributed by atoms with Crippen LogP contribution in [0.2, 0.25) is 0 Å². The van der Waals surface area contributed by atoms with Crippen LogP contribution in [0.1, 0.15) is 17.5 Å². The third kappa shape index (κ3) is 3.69. The van der Waals surface area contributed by atoms with Gasteiger partial charge in [0.15, 0.2) is 0 Å². The van der Waals surface area contributed by atoms with E-state index in [0.717, 1.165) is 11.1 Å². The third-order valence-corrected chi connectivity index (χ3v) is 2.39. The fourth-order valence-electron chi connectivity index (χ4n) is 1.41. The van der Waals surface area contributed by atoms with Crippen molar-refractivity contribution < 1.29 is 22.8 Å². The van der Waals surface area contributed by atoms with Gasteiger partial charge in [-0.15, -0.1) is 0 Å². The molecule has 92 valence electrons. The van der Waals surface area contributed by atoms with E-state index in [1.165, 1.54) is 0 Å². The maximum absolute atomic E-state index is 11.9. The maximum atomic E-state index is 11.9. The average molecular weight is 244 g/mol. The number of benzene rings is 1. The second kappa shape index (κ2) is 5.12. The summed E-state index contributed by atoms with van der Waals surface area (Å²) in [5, 5.41) is 0. The van der Waals surface area contributed by atoms with Gasteiger partial charge in [0.05, 0.1) is 0 Å². The fourth-order valence-corrected chi connectivity index (χ4v) is 1.41. The Labute approximate surface area is 96.4 Å². The van der Waals surface area contributed by atoms with Crippen LogP contribution in [0.4, 0.5) is 13.2 Å². The number of halogens is 3. The van der Waals surface area contributed by atoms with E-state index >= 15 is 0 Å². The highest BCUT2D eigenvalue weighted by molar-refractivity contribution is 6.39. The minimum atomic E-state index is -5.07. The van der Waals surface area contributed by atoms with E-state index in [0.29, 0.717) is 0 Å². The molecule has 2 nitrogen and oxygen atoms in total. The quantitative estimate of drug-likeness (QED) is 0.763. The van der Waals surface area contributed by atoms with E-state index in [9.17, 15) is 22.8 Å². The van der Waals surface area contributed by atoms with Crippen molar-refractivity contribution in [3.05, 3.63) is 35.4 Å². The third-order valence-electron chi connectivity index (χ3n) is 2.39. The van der Waals surface area contributed by atoms with E-state index in [2.05, 4.69) is 0 Å². The first-order valence-electron chi connectivity index (χ1n) is 5.01. The lowest BCUT2D eigenvalue weighted by Gasteiger charge is -2.06. The lowest BCUT2D eigenvalue weighted by atomic mass is 10.0. The number of hydrogen-bond donors (Lipinski definition) is 0. The van der Waals surface area contributed by atoms with Gasteiger partial charge in [-0.1, -0.05) is 24.3 Å². The summed E-state index contributed by atoms with van der Waals surface area (Å²) in [7, 11) is 0. The Morgan fingerprint density at radius 3 is 2.29 bits per heavy atom. The monoisotopic (exact) mass is 244 g/mol. The lowest BCUT2D eigenvalue weighted by Crippen LogP contribution is -2.30. The largest absolute Gasteiger partial charge is 0.458 e. The van der Waals surface area contributed by atoms with Crippen molar-refractivity contribution >= 4 is 11.6 Å². The van der Waals surface area contributed by atoms with Crippen molar-refractivity contribution in [2.45, 2.75) is 25.9 Å². The van der Waals surface area contributed by atoms with Crippen LogP contribution in [0, 0.1) is 6.92 Å². The zero-order valence-electron chi connectivity index (χ0n) is 9.17. The molecule has 0 saturated carbocycles. The molecule has 0 radical (unpaired) electrons. The van der Waals surface area contributed by atoms with Crippen LogP contribution in [0.15, 0.2) is 24.3 Å². The number of alkyl halides is 3. The van der Waals surface area contributed by atoms with Gasteiger partial charge < -0.3 is 0 Å². The van der Waals surface area contributed by atoms with Gasteiger partial charge in [-0.2, -0.15) is 13.2 Å². The van der Waals surface area contributed by atoms with Gasteiger partial charge in [-0.3, -0.25) is 9.59 Å². The number of rotatable bonds is 4. The number of carbonyl (C=O) groups is 2. The number of Topliss-reactive ketones (excluding diaryl/α,β-unsaturated/α-hetero) is 2. The summed E-state index contributed by atoms with van der Waals surface area (Å²) in [6, 6.07) is 7.05. The second-order valence-electron chi connectivity index (χ2n) is 3.68. The molecule has 0 aromatic heterocycles. The summed E-state index contributed by atoms with van der Waals surface area (Å²) in [5.41, 5.74) is 1.66. The van der Waals surface area contributed by atoms with Crippen molar-refractivity contribution in [1.29, 1.82) is 0 Å². The van der Waals surface area contributed by atoms with Crippen molar-refractivity contribution in [3.63, 3.8) is 0 Å². The average Bonchev–Trinajstić information content (AvgIpc) is 2.25. The van der Waals surface area contributed by atoms with E-state index in [-0.39, 0.29) is 6.42 Å². The highest BCUT2D eigenvalue weighted by Gasteiger charge is 2.42. The molecule has 0 N–H and O–H groups in total. The summed E-state index contributed by atoms with van der Waals surface area (Å²) in [4.78, 5) is 21.6. The standard InChI is InChI=1S/C12H11F3O2/c1-8-4-2-3-5-9(8)6-7-10(16)11(17)12(13,14)15/h2-5H,6-7H2,1H3. The molecule has 0 aliphatic rings. The molecule has 1 aromatic rings. The molecule has 0 amide bonds. The Bertz CT molecular complexity index is 436. The summed E-state index contributed by atoms with van der Waals surface area (Å²) < 4.78 is 35.8. The van der Waals surface area contributed by atoms with Crippen molar-refractivity contribution in [3.8, 4) is 0 Å². The molecule has 0 aliphatic heterocycles. The zero-order chi connectivity index (χ0) is 13.1. The van der Waals surface area contributed by atoms with Gasteiger partial charge in [-0.25, -0.2) is 0 Å². The number of aryl methyl sites for hydroxylation is 2. The van der Waals surface area contributed by atoms with Crippen LogP contribution in [0.25, 0.3) is 0 Å². The number of hydrogen-bond acceptors (Lipinski definition) is 2. The van der Waals surface area contributed by atoms with Gasteiger partial charge in [-0.05, 0) is 24.5 Å². The molecule has 0 unspecified atom stereocenters. The molecule has 17 heavy (non-hydrogen) atoms. The van der Waals surface area contributed by atoms with Crippen LogP contribution in [-0.4, -0.2) is 17.7 Å². The first-order valence-corrected chi connectivity index (χ1v) is 5.01. The predicted molar refractivity (Wildman–Crippen MR) is 55.6 cm³/mol. The van der Waals surface area contributed by atoms with Crippen LogP contribution in [-0.2, 0) is 16.0 Å². The Kier molecular flexibility index (Phi) is 4.04. The molecule has 5 heteroatoms. The predicted octanol–water partition coefficient (Wildman–Crippen LogP) is 2.63. The lowest BCUT2D eigenvalue weighted by molar-refractivity contribution is -0.174. The van der Waals surface area contributed by atoms with E-state index in [4.69, 9.17) is 0 Å². The zero-order valence-corrected chi connectivity index (χ0v) is 9.17.